The number of hydrogen-bond donors (Lipinski definition) is 2. The molecule has 0 heterocycles. The van der Waals surface area contributed by atoms with Crippen LogP contribution in [0, 0.1) is 0 Å². The maximum absolute atomic E-state index is 12.1. The number of phenols is 1. The maximum Gasteiger partial charge on any atom is 0.321 e. The molecule has 0 fully saturated rings. The first-order chi connectivity index (χ1) is 9.98. The zero-order valence-corrected chi connectivity index (χ0v) is 12.6. The molecule has 2 N–H and O–H groups in total. The average molecular weight is 316 g/mol. The fourth-order valence-corrected chi connectivity index (χ4v) is 2.28. The maximum atomic E-state index is 12.1. The zero-order chi connectivity index (χ0) is 16.0. The molecule has 0 aliphatic carbocycles. The minimum atomic E-state index is -1.02. The summed E-state index contributed by atoms with van der Waals surface area (Å²) in [5.41, 5.74) is 0.161. The Morgan fingerprint density at radius 3 is 2.10 bits per heavy atom. The van der Waals surface area contributed by atoms with Crippen LogP contribution in [-0.2, 0) is 9.53 Å². The Morgan fingerprint density at radius 2 is 1.71 bits per heavy atom. The van der Waals surface area contributed by atoms with Crippen LogP contribution in [0.4, 0.5) is 0 Å². The van der Waals surface area contributed by atoms with Gasteiger partial charge < -0.3 is 24.4 Å². The molecule has 0 saturated heterocycles. The third kappa shape index (κ3) is 4.02. The van der Waals surface area contributed by atoms with Gasteiger partial charge in [0.1, 0.15) is 5.25 Å². The van der Waals surface area contributed by atoms with Crippen LogP contribution in [0.15, 0.2) is 12.1 Å². The number of rotatable bonds is 6. The van der Waals surface area contributed by atoms with Crippen molar-refractivity contribution >= 4 is 22.8 Å². The molecule has 0 aromatic heterocycles. The second-order valence-electron chi connectivity index (χ2n) is 3.83. The molecule has 0 amide bonds. The number of phenolic OH excluding ortho intramolecular Hbond substituents is 1. The van der Waals surface area contributed by atoms with Crippen molar-refractivity contribution < 1.29 is 34.0 Å². The lowest BCUT2D eigenvalue weighted by Crippen LogP contribution is -2.24. The van der Waals surface area contributed by atoms with Gasteiger partial charge in [0.2, 0.25) is 10.9 Å². The lowest BCUT2D eigenvalue weighted by atomic mass is 10.2. The monoisotopic (exact) mass is 316 g/mol. The lowest BCUT2D eigenvalue weighted by molar-refractivity contribution is -0.140. The van der Waals surface area contributed by atoms with Gasteiger partial charge in [-0.15, -0.1) is 0 Å². The van der Waals surface area contributed by atoms with Crippen molar-refractivity contribution in [2.24, 2.45) is 0 Å². The summed E-state index contributed by atoms with van der Waals surface area (Å²) in [6.07, 6.45) is 0. The number of ether oxygens (including phenoxy) is 3. The number of aliphatic hydroxyl groups is 1. The van der Waals surface area contributed by atoms with E-state index >= 15 is 0 Å². The van der Waals surface area contributed by atoms with E-state index in [0.717, 1.165) is 0 Å². The van der Waals surface area contributed by atoms with Crippen molar-refractivity contribution in [1.82, 2.24) is 0 Å². The molecule has 0 aliphatic rings. The van der Waals surface area contributed by atoms with Crippen LogP contribution in [0.5, 0.6) is 17.2 Å². The van der Waals surface area contributed by atoms with Crippen molar-refractivity contribution in [3.05, 3.63) is 17.7 Å². The van der Waals surface area contributed by atoms with Gasteiger partial charge in [-0.3, -0.25) is 9.59 Å². The van der Waals surface area contributed by atoms with E-state index < -0.39 is 22.9 Å². The third-order valence-corrected chi connectivity index (χ3v) is 3.67. The summed E-state index contributed by atoms with van der Waals surface area (Å²) in [4.78, 5) is 23.5. The molecule has 1 unspecified atom stereocenters. The van der Waals surface area contributed by atoms with Crippen molar-refractivity contribution in [3.63, 3.8) is 0 Å². The zero-order valence-electron chi connectivity index (χ0n) is 11.8. The molecule has 7 nitrogen and oxygen atoms in total. The largest absolute Gasteiger partial charge is 0.502 e. The van der Waals surface area contributed by atoms with Crippen LogP contribution >= 0.6 is 11.8 Å². The Hall–Kier alpha value is -1.93. The predicted octanol–water partition coefficient (Wildman–Crippen LogP) is 0.817. The topological polar surface area (TPSA) is 102 Å². The molecule has 8 heteroatoms. The summed E-state index contributed by atoms with van der Waals surface area (Å²) in [6.45, 7) is -0.532. The van der Waals surface area contributed by atoms with Gasteiger partial charge in [0.15, 0.2) is 11.5 Å². The molecular formula is C13H16O7S. The SMILES string of the molecule is COC(=O)C(CO)SC(=O)c1cc(OC)c(O)c(OC)c1. The van der Waals surface area contributed by atoms with Crippen LogP contribution in [0.1, 0.15) is 10.4 Å². The molecule has 21 heavy (non-hydrogen) atoms. The Kier molecular flexibility index (Phi) is 6.32. The van der Waals surface area contributed by atoms with E-state index in [9.17, 15) is 14.7 Å². The summed E-state index contributed by atoms with van der Waals surface area (Å²) in [5.74, 6) is -0.796. The van der Waals surface area contributed by atoms with Gasteiger partial charge in [0.05, 0.1) is 27.9 Å². The summed E-state index contributed by atoms with van der Waals surface area (Å²) in [6, 6.07) is 2.64. The van der Waals surface area contributed by atoms with E-state index in [1.54, 1.807) is 0 Å². The van der Waals surface area contributed by atoms with E-state index in [0.29, 0.717) is 11.8 Å². The van der Waals surface area contributed by atoms with Crippen LogP contribution < -0.4 is 9.47 Å². The normalized spacial score (nSPS) is 11.6. The molecule has 0 spiro atoms. The standard InChI is InChI=1S/C13H16O7S/c1-18-8-4-7(5-9(19-2)11(8)15)13(17)21-10(6-14)12(16)20-3/h4-5,10,14-15H,6H2,1-3H3. The van der Waals surface area contributed by atoms with Gasteiger partial charge >= 0.3 is 5.97 Å². The Bertz CT molecular complexity index is 504. The molecule has 116 valence electrons. The Balaban J connectivity index is 3.04. The Morgan fingerprint density at radius 1 is 1.19 bits per heavy atom. The molecule has 0 aliphatic heterocycles. The minimum Gasteiger partial charge on any atom is -0.502 e. The number of carbonyl (C=O) groups excluding carboxylic acids is 2. The number of methoxy groups -OCH3 is 3. The number of esters is 1. The quantitative estimate of drug-likeness (QED) is 0.744. The average Bonchev–Trinajstić information content (AvgIpc) is 2.51. The Labute approximate surface area is 125 Å². The van der Waals surface area contributed by atoms with Gasteiger partial charge in [-0.05, 0) is 12.1 Å². The van der Waals surface area contributed by atoms with E-state index in [-0.39, 0.29) is 22.8 Å². The highest BCUT2D eigenvalue weighted by atomic mass is 32.2. The van der Waals surface area contributed by atoms with Crippen molar-refractivity contribution in [1.29, 1.82) is 0 Å². The summed E-state index contributed by atoms with van der Waals surface area (Å²) < 4.78 is 14.4. The van der Waals surface area contributed by atoms with E-state index in [4.69, 9.17) is 14.6 Å². The van der Waals surface area contributed by atoms with E-state index in [1.807, 2.05) is 0 Å². The highest BCUT2D eigenvalue weighted by Gasteiger charge is 2.25. The van der Waals surface area contributed by atoms with Gasteiger partial charge in [-0.25, -0.2) is 0 Å². The molecule has 0 saturated carbocycles. The smallest absolute Gasteiger partial charge is 0.321 e. The third-order valence-electron chi connectivity index (χ3n) is 2.59. The summed E-state index contributed by atoms with van der Waals surface area (Å²) in [7, 11) is 3.84. The minimum absolute atomic E-state index is 0.0666. The predicted molar refractivity (Wildman–Crippen MR) is 76.0 cm³/mol. The van der Waals surface area contributed by atoms with Crippen LogP contribution in [0.25, 0.3) is 0 Å². The van der Waals surface area contributed by atoms with Crippen molar-refractivity contribution in [2.75, 3.05) is 27.9 Å². The molecule has 0 bridgehead atoms. The number of benzene rings is 1. The molecule has 1 atom stereocenters. The number of hydrogen-bond acceptors (Lipinski definition) is 8. The first-order valence-electron chi connectivity index (χ1n) is 5.83. The van der Waals surface area contributed by atoms with E-state index in [1.165, 1.54) is 33.5 Å². The number of thioether (sulfide) groups is 1. The summed E-state index contributed by atoms with van der Waals surface area (Å²) in [5, 5.41) is 17.4. The van der Waals surface area contributed by atoms with Crippen molar-refractivity contribution in [2.45, 2.75) is 5.25 Å². The van der Waals surface area contributed by atoms with Crippen LogP contribution in [0.2, 0.25) is 0 Å². The first kappa shape index (κ1) is 17.1. The summed E-state index contributed by atoms with van der Waals surface area (Å²) >= 11 is 0.619. The number of aliphatic hydroxyl groups excluding tert-OH is 1. The first-order valence-corrected chi connectivity index (χ1v) is 6.71. The second-order valence-corrected chi connectivity index (χ2v) is 5.00. The highest BCUT2D eigenvalue weighted by molar-refractivity contribution is 8.15. The lowest BCUT2D eigenvalue weighted by Gasteiger charge is -2.13. The van der Waals surface area contributed by atoms with Gasteiger partial charge in [-0.2, -0.15) is 0 Å². The van der Waals surface area contributed by atoms with Crippen LogP contribution in [-0.4, -0.2) is 54.5 Å². The van der Waals surface area contributed by atoms with Gasteiger partial charge in [-0.1, -0.05) is 11.8 Å². The molecule has 1 rings (SSSR count). The highest BCUT2D eigenvalue weighted by Crippen LogP contribution is 2.38. The number of aromatic hydroxyl groups is 1. The van der Waals surface area contributed by atoms with Crippen molar-refractivity contribution in [3.8, 4) is 17.2 Å². The molecular weight excluding hydrogens is 300 g/mol. The molecule has 1 aromatic carbocycles. The molecule has 1 aromatic rings. The fourth-order valence-electron chi connectivity index (χ4n) is 1.50. The second kappa shape index (κ2) is 7.75. The molecule has 0 radical (unpaired) electrons. The number of carbonyl (C=O) groups is 2. The van der Waals surface area contributed by atoms with Crippen LogP contribution in [0.3, 0.4) is 0 Å². The van der Waals surface area contributed by atoms with Gasteiger partial charge in [0.25, 0.3) is 0 Å². The van der Waals surface area contributed by atoms with E-state index in [2.05, 4.69) is 4.74 Å². The fraction of sp³-hybridized carbons (Fsp3) is 0.385. The van der Waals surface area contributed by atoms with Gasteiger partial charge in [0, 0.05) is 5.56 Å².